The Morgan fingerprint density at radius 2 is 1.86 bits per heavy atom. The second-order valence-corrected chi connectivity index (χ2v) is 7.28. The number of para-hydroxylation sites is 1. The number of anilines is 2. The Morgan fingerprint density at radius 3 is 2.64 bits per heavy atom. The minimum absolute atomic E-state index is 0.00884. The summed E-state index contributed by atoms with van der Waals surface area (Å²) in [5.74, 6) is -0.0841. The molecule has 1 N–H and O–H groups in total. The first-order valence-electron chi connectivity index (χ1n) is 9.42. The second-order valence-electron chi connectivity index (χ2n) is 6.88. The van der Waals surface area contributed by atoms with Gasteiger partial charge in [-0.3, -0.25) is 9.59 Å². The molecular formula is C21H22ClN3O3. The normalized spacial score (nSPS) is 16.0. The quantitative estimate of drug-likeness (QED) is 0.858. The van der Waals surface area contributed by atoms with E-state index in [1.54, 1.807) is 28.0 Å². The lowest BCUT2D eigenvalue weighted by molar-refractivity contribution is -0.116. The van der Waals surface area contributed by atoms with E-state index in [1.807, 2.05) is 18.2 Å². The molecule has 2 aliphatic heterocycles. The summed E-state index contributed by atoms with van der Waals surface area (Å²) < 4.78 is 5.28. The Bertz CT molecular complexity index is 896. The highest BCUT2D eigenvalue weighted by Gasteiger charge is 2.24. The standard InChI is InChI=1S/C21H22ClN3O3/c22-18-13-16(5-6-17(18)21(27)24-9-11-28-12-10-24)23-14-20(26)25-8-7-15-3-1-2-4-19(15)25/h1-6,13,23H,7-12,14H2. The smallest absolute Gasteiger partial charge is 0.255 e. The summed E-state index contributed by atoms with van der Waals surface area (Å²) in [6.45, 7) is 3.10. The summed E-state index contributed by atoms with van der Waals surface area (Å²) in [4.78, 5) is 28.7. The summed E-state index contributed by atoms with van der Waals surface area (Å²) in [5.41, 5.74) is 3.36. The molecule has 0 aromatic heterocycles. The highest BCUT2D eigenvalue weighted by atomic mass is 35.5. The van der Waals surface area contributed by atoms with Crippen LogP contribution in [0.2, 0.25) is 5.02 Å². The van der Waals surface area contributed by atoms with Crippen LogP contribution in [0.4, 0.5) is 11.4 Å². The van der Waals surface area contributed by atoms with Gasteiger partial charge in [-0.25, -0.2) is 0 Å². The number of ether oxygens (including phenoxy) is 1. The van der Waals surface area contributed by atoms with Gasteiger partial charge in [-0.1, -0.05) is 29.8 Å². The molecule has 0 atom stereocenters. The van der Waals surface area contributed by atoms with Gasteiger partial charge < -0.3 is 19.9 Å². The van der Waals surface area contributed by atoms with E-state index in [1.165, 1.54) is 5.56 Å². The van der Waals surface area contributed by atoms with Crippen molar-refractivity contribution >= 4 is 34.8 Å². The molecule has 7 heteroatoms. The lowest BCUT2D eigenvalue weighted by Gasteiger charge is -2.27. The number of halogens is 1. The van der Waals surface area contributed by atoms with E-state index in [9.17, 15) is 9.59 Å². The van der Waals surface area contributed by atoms with Gasteiger partial charge in [-0.2, -0.15) is 0 Å². The van der Waals surface area contributed by atoms with Crippen molar-refractivity contribution in [1.82, 2.24) is 4.90 Å². The zero-order valence-corrected chi connectivity index (χ0v) is 16.2. The van der Waals surface area contributed by atoms with Crippen LogP contribution in [0, 0.1) is 0 Å². The molecule has 2 heterocycles. The molecule has 0 spiro atoms. The first-order valence-corrected chi connectivity index (χ1v) is 9.80. The Hall–Kier alpha value is -2.57. The minimum Gasteiger partial charge on any atom is -0.378 e. The van der Waals surface area contributed by atoms with Crippen LogP contribution >= 0.6 is 11.6 Å². The average molecular weight is 400 g/mol. The molecule has 1 fully saturated rings. The third kappa shape index (κ3) is 3.84. The molecule has 1 saturated heterocycles. The van der Waals surface area contributed by atoms with Crippen LogP contribution in [-0.2, 0) is 16.0 Å². The maximum atomic E-state index is 12.6. The zero-order chi connectivity index (χ0) is 19.5. The largest absolute Gasteiger partial charge is 0.378 e. The van der Waals surface area contributed by atoms with Gasteiger partial charge >= 0.3 is 0 Å². The summed E-state index contributed by atoms with van der Waals surface area (Å²) in [6, 6.07) is 13.2. The topological polar surface area (TPSA) is 61.9 Å². The van der Waals surface area contributed by atoms with Crippen LogP contribution in [0.3, 0.4) is 0 Å². The van der Waals surface area contributed by atoms with Crippen LogP contribution in [0.25, 0.3) is 0 Å². The molecule has 146 valence electrons. The third-order valence-electron chi connectivity index (χ3n) is 5.13. The lowest BCUT2D eigenvalue weighted by atomic mass is 10.1. The molecule has 4 rings (SSSR count). The number of nitrogens with one attached hydrogen (secondary N) is 1. The highest BCUT2D eigenvalue weighted by Crippen LogP contribution is 2.28. The Kier molecular flexibility index (Phi) is 5.50. The first kappa shape index (κ1) is 18.8. The predicted molar refractivity (Wildman–Crippen MR) is 109 cm³/mol. The third-order valence-corrected chi connectivity index (χ3v) is 5.44. The second kappa shape index (κ2) is 8.20. The number of carbonyl (C=O) groups is 2. The number of hydrogen-bond donors (Lipinski definition) is 1. The van der Waals surface area contributed by atoms with Gasteiger partial charge in [0.25, 0.3) is 5.91 Å². The fourth-order valence-electron chi connectivity index (χ4n) is 3.61. The van der Waals surface area contributed by atoms with E-state index < -0.39 is 0 Å². The summed E-state index contributed by atoms with van der Waals surface area (Å²) in [6.07, 6.45) is 0.881. The molecule has 0 radical (unpaired) electrons. The van der Waals surface area contributed by atoms with Crippen LogP contribution in [0.15, 0.2) is 42.5 Å². The van der Waals surface area contributed by atoms with Crippen molar-refractivity contribution in [2.75, 3.05) is 49.6 Å². The van der Waals surface area contributed by atoms with E-state index in [0.717, 1.165) is 12.1 Å². The SMILES string of the molecule is O=C(c1ccc(NCC(=O)N2CCc3ccccc32)cc1Cl)N1CCOCC1. The summed E-state index contributed by atoms with van der Waals surface area (Å²) in [5, 5.41) is 3.49. The molecule has 0 unspecified atom stereocenters. The molecule has 2 amide bonds. The van der Waals surface area contributed by atoms with Crippen molar-refractivity contribution in [3.8, 4) is 0 Å². The van der Waals surface area contributed by atoms with E-state index in [0.29, 0.717) is 49.1 Å². The number of nitrogens with zero attached hydrogens (tertiary/aromatic N) is 2. The first-order chi connectivity index (χ1) is 13.6. The predicted octanol–water partition coefficient (Wildman–Crippen LogP) is 2.81. The molecule has 2 aromatic rings. The van der Waals surface area contributed by atoms with Gasteiger partial charge in [0.2, 0.25) is 5.91 Å². The van der Waals surface area contributed by atoms with Gasteiger partial charge in [-0.15, -0.1) is 0 Å². The Labute approximate surface area is 169 Å². The maximum Gasteiger partial charge on any atom is 0.255 e. The van der Waals surface area contributed by atoms with Crippen LogP contribution in [0.1, 0.15) is 15.9 Å². The van der Waals surface area contributed by atoms with Crippen molar-refractivity contribution in [3.05, 3.63) is 58.6 Å². The minimum atomic E-state index is -0.0930. The number of fused-ring (bicyclic) bond motifs is 1. The lowest BCUT2D eigenvalue weighted by Crippen LogP contribution is -2.40. The van der Waals surface area contributed by atoms with Gasteiger partial charge in [-0.05, 0) is 36.2 Å². The van der Waals surface area contributed by atoms with Gasteiger partial charge in [0.1, 0.15) is 0 Å². The van der Waals surface area contributed by atoms with Crippen LogP contribution in [-0.4, -0.2) is 56.1 Å². The monoisotopic (exact) mass is 399 g/mol. The van der Waals surface area contributed by atoms with E-state index in [4.69, 9.17) is 16.3 Å². The van der Waals surface area contributed by atoms with Crippen LogP contribution < -0.4 is 10.2 Å². The van der Waals surface area contributed by atoms with Crippen molar-refractivity contribution < 1.29 is 14.3 Å². The van der Waals surface area contributed by atoms with Gasteiger partial charge in [0.05, 0.1) is 30.3 Å². The number of benzene rings is 2. The van der Waals surface area contributed by atoms with Crippen molar-refractivity contribution in [3.63, 3.8) is 0 Å². The van der Waals surface area contributed by atoms with Crippen LogP contribution in [0.5, 0.6) is 0 Å². The summed E-state index contributed by atoms with van der Waals surface area (Å²) >= 11 is 6.34. The van der Waals surface area contributed by atoms with Gasteiger partial charge in [0.15, 0.2) is 0 Å². The number of carbonyl (C=O) groups excluding carboxylic acids is 2. The zero-order valence-electron chi connectivity index (χ0n) is 15.5. The maximum absolute atomic E-state index is 12.6. The molecule has 2 aromatic carbocycles. The van der Waals surface area contributed by atoms with E-state index in [-0.39, 0.29) is 18.4 Å². The molecular weight excluding hydrogens is 378 g/mol. The fraction of sp³-hybridized carbons (Fsp3) is 0.333. The van der Waals surface area contributed by atoms with Crippen molar-refractivity contribution in [2.24, 2.45) is 0 Å². The van der Waals surface area contributed by atoms with Gasteiger partial charge in [0, 0.05) is 31.0 Å². The molecule has 0 bridgehead atoms. The highest BCUT2D eigenvalue weighted by molar-refractivity contribution is 6.34. The molecule has 28 heavy (non-hydrogen) atoms. The average Bonchev–Trinajstić information content (AvgIpc) is 3.16. The Morgan fingerprint density at radius 1 is 1.07 bits per heavy atom. The number of rotatable bonds is 4. The molecule has 2 aliphatic rings. The van der Waals surface area contributed by atoms with Crippen molar-refractivity contribution in [1.29, 1.82) is 0 Å². The molecule has 0 aliphatic carbocycles. The molecule has 6 nitrogen and oxygen atoms in total. The van der Waals surface area contributed by atoms with E-state index in [2.05, 4.69) is 11.4 Å². The number of hydrogen-bond acceptors (Lipinski definition) is 4. The fourth-order valence-corrected chi connectivity index (χ4v) is 3.87. The Balaban J connectivity index is 1.38. The number of morpholine rings is 1. The van der Waals surface area contributed by atoms with E-state index >= 15 is 0 Å². The number of amides is 2. The van der Waals surface area contributed by atoms with Crippen molar-refractivity contribution in [2.45, 2.75) is 6.42 Å². The summed E-state index contributed by atoms with van der Waals surface area (Å²) in [7, 11) is 0. The molecule has 0 saturated carbocycles.